The number of rotatable bonds is 7. The molecule has 1 heterocycles. The van der Waals surface area contributed by atoms with E-state index in [0.717, 1.165) is 4.68 Å². The molecule has 1 aromatic heterocycles. The molecule has 0 atom stereocenters. The van der Waals surface area contributed by atoms with Gasteiger partial charge in [0.25, 0.3) is 0 Å². The van der Waals surface area contributed by atoms with Crippen LogP contribution in [0.1, 0.15) is 13.8 Å². The van der Waals surface area contributed by atoms with Crippen LogP contribution >= 0.6 is 0 Å². The Morgan fingerprint density at radius 2 is 2.20 bits per heavy atom. The number of aromatic nitrogens is 2. The van der Waals surface area contributed by atoms with E-state index in [0.29, 0.717) is 6.54 Å². The van der Waals surface area contributed by atoms with E-state index in [1.165, 1.54) is 17.2 Å². The van der Waals surface area contributed by atoms with E-state index in [-0.39, 0.29) is 18.3 Å². The molecule has 0 unspecified atom stereocenters. The summed E-state index contributed by atoms with van der Waals surface area (Å²) in [5.41, 5.74) is 0. The van der Waals surface area contributed by atoms with E-state index in [4.69, 9.17) is 5.11 Å². The summed E-state index contributed by atoms with van der Waals surface area (Å²) < 4.78 is 1.12. The predicted molar refractivity (Wildman–Crippen MR) is 67.9 cm³/mol. The first-order valence-corrected chi connectivity index (χ1v) is 5.97. The van der Waals surface area contributed by atoms with E-state index < -0.39 is 23.3 Å². The van der Waals surface area contributed by atoms with Gasteiger partial charge in [-0.15, -0.1) is 0 Å². The van der Waals surface area contributed by atoms with Crippen LogP contribution in [-0.2, 0) is 16.1 Å². The smallest absolute Gasteiger partial charge is 0.389 e. The molecule has 0 bridgehead atoms. The molecule has 0 aliphatic rings. The monoisotopic (exact) mass is 284 g/mol. The normalized spacial score (nSPS) is 10.6. The maximum atomic E-state index is 12.0. The number of carboxylic acids is 1. The van der Waals surface area contributed by atoms with Crippen molar-refractivity contribution in [2.45, 2.75) is 20.4 Å². The van der Waals surface area contributed by atoms with Gasteiger partial charge in [-0.3, -0.25) is 9.59 Å². The first kappa shape index (κ1) is 15.6. The Labute approximate surface area is 114 Å². The van der Waals surface area contributed by atoms with Gasteiger partial charge in [-0.25, -0.2) is 0 Å². The Hall–Kier alpha value is -2.45. The van der Waals surface area contributed by atoms with Gasteiger partial charge in [0.15, 0.2) is 0 Å². The zero-order valence-corrected chi connectivity index (χ0v) is 11.2. The number of amides is 1. The number of carbonyl (C=O) groups is 2. The Balaban J connectivity index is 2.73. The second-order valence-corrected chi connectivity index (χ2v) is 4.69. The van der Waals surface area contributed by atoms with Gasteiger partial charge in [-0.05, 0) is 10.8 Å². The van der Waals surface area contributed by atoms with Crippen LogP contribution in [0.4, 0.5) is 5.82 Å². The molecule has 0 spiro atoms. The summed E-state index contributed by atoms with van der Waals surface area (Å²) in [5.74, 6) is -1.79. The average molecular weight is 284 g/mol. The average Bonchev–Trinajstić information content (AvgIpc) is 2.75. The topological polar surface area (TPSA) is 119 Å². The largest absolute Gasteiger partial charge is 0.480 e. The van der Waals surface area contributed by atoms with Crippen LogP contribution in [0.3, 0.4) is 0 Å². The lowest BCUT2D eigenvalue weighted by Crippen LogP contribution is -2.40. The van der Waals surface area contributed by atoms with Gasteiger partial charge in [0.2, 0.25) is 5.91 Å². The van der Waals surface area contributed by atoms with Gasteiger partial charge in [0.05, 0.1) is 17.4 Å². The Morgan fingerprint density at radius 3 is 2.65 bits per heavy atom. The number of carbonyl (C=O) groups excluding carboxylic acids is 1. The Morgan fingerprint density at radius 1 is 1.55 bits per heavy atom. The molecule has 9 heteroatoms. The fourth-order valence-electron chi connectivity index (χ4n) is 1.63. The summed E-state index contributed by atoms with van der Waals surface area (Å²) in [6, 6.07) is 1.18. The van der Waals surface area contributed by atoms with E-state index in [1.54, 1.807) is 0 Å². The molecule has 1 aromatic rings. The third-order valence-corrected chi connectivity index (χ3v) is 2.38. The lowest BCUT2D eigenvalue weighted by molar-refractivity contribution is -0.389. The lowest BCUT2D eigenvalue weighted by Gasteiger charge is -2.22. The Kier molecular flexibility index (Phi) is 5.18. The highest BCUT2D eigenvalue weighted by atomic mass is 16.6. The third-order valence-electron chi connectivity index (χ3n) is 2.38. The number of carboxylic acid groups (broad SMARTS) is 1. The number of hydrogen-bond donors (Lipinski definition) is 1. The van der Waals surface area contributed by atoms with Crippen LogP contribution in [0, 0.1) is 16.0 Å². The minimum Gasteiger partial charge on any atom is -0.480 e. The minimum atomic E-state index is -1.11. The summed E-state index contributed by atoms with van der Waals surface area (Å²) in [4.78, 5) is 33.7. The first-order chi connectivity index (χ1) is 9.29. The van der Waals surface area contributed by atoms with Crippen LogP contribution in [0.15, 0.2) is 12.3 Å². The van der Waals surface area contributed by atoms with E-state index in [2.05, 4.69) is 5.10 Å². The van der Waals surface area contributed by atoms with Crippen molar-refractivity contribution in [2.75, 3.05) is 13.1 Å². The highest BCUT2D eigenvalue weighted by Gasteiger charge is 2.20. The standard InChI is InChI=1S/C11H16N4O5/c1-8(2)5-13(7-11(17)18)10(16)6-14-4-3-9(12-14)15(19)20/h3-4,8H,5-7H2,1-2H3,(H,17,18). The molecule has 0 radical (unpaired) electrons. The lowest BCUT2D eigenvalue weighted by atomic mass is 10.2. The zero-order valence-electron chi connectivity index (χ0n) is 11.2. The van der Waals surface area contributed by atoms with Crippen molar-refractivity contribution in [1.29, 1.82) is 0 Å². The SMILES string of the molecule is CC(C)CN(CC(=O)O)C(=O)Cn1ccc([N+](=O)[O-])n1. The number of hydrogen-bond acceptors (Lipinski definition) is 5. The summed E-state index contributed by atoms with van der Waals surface area (Å²) in [6.45, 7) is 3.39. The first-order valence-electron chi connectivity index (χ1n) is 5.97. The summed E-state index contributed by atoms with van der Waals surface area (Å²) in [7, 11) is 0. The van der Waals surface area contributed by atoms with Gasteiger partial charge in [0, 0.05) is 6.54 Å². The van der Waals surface area contributed by atoms with Crippen LogP contribution < -0.4 is 0 Å². The molecule has 1 N–H and O–H groups in total. The quantitative estimate of drug-likeness (QED) is 0.570. The fraction of sp³-hybridized carbons (Fsp3) is 0.545. The predicted octanol–water partition coefficient (Wildman–Crippen LogP) is 0.360. The molecule has 0 saturated heterocycles. The van der Waals surface area contributed by atoms with Gasteiger partial charge in [-0.1, -0.05) is 13.8 Å². The number of nitrogens with zero attached hydrogens (tertiary/aromatic N) is 4. The van der Waals surface area contributed by atoms with Crippen LogP contribution in [0.25, 0.3) is 0 Å². The van der Waals surface area contributed by atoms with Gasteiger partial charge >= 0.3 is 11.8 Å². The Bertz CT molecular complexity index is 511. The fourth-order valence-corrected chi connectivity index (χ4v) is 1.63. The summed E-state index contributed by atoms with van der Waals surface area (Å²) in [5, 5.41) is 22.9. The molecule has 1 rings (SSSR count). The maximum absolute atomic E-state index is 12.0. The van der Waals surface area contributed by atoms with Crippen molar-refractivity contribution in [3.05, 3.63) is 22.4 Å². The third kappa shape index (κ3) is 4.67. The van der Waals surface area contributed by atoms with Gasteiger partial charge < -0.3 is 20.1 Å². The van der Waals surface area contributed by atoms with Crippen molar-refractivity contribution in [3.63, 3.8) is 0 Å². The second kappa shape index (κ2) is 6.64. The summed E-state index contributed by atoms with van der Waals surface area (Å²) in [6.07, 6.45) is 1.31. The van der Waals surface area contributed by atoms with Crippen molar-refractivity contribution >= 4 is 17.7 Å². The molecule has 110 valence electrons. The van der Waals surface area contributed by atoms with E-state index in [1.807, 2.05) is 13.8 Å². The molecule has 0 aliphatic carbocycles. The highest BCUT2D eigenvalue weighted by molar-refractivity contribution is 5.81. The van der Waals surface area contributed by atoms with Crippen molar-refractivity contribution in [3.8, 4) is 0 Å². The van der Waals surface area contributed by atoms with Crippen molar-refractivity contribution in [1.82, 2.24) is 14.7 Å². The van der Waals surface area contributed by atoms with Crippen LogP contribution in [0.2, 0.25) is 0 Å². The molecule has 1 amide bonds. The number of nitro groups is 1. The molecule has 0 aromatic carbocycles. The molecular formula is C11H16N4O5. The van der Waals surface area contributed by atoms with E-state index in [9.17, 15) is 19.7 Å². The zero-order chi connectivity index (χ0) is 15.3. The second-order valence-electron chi connectivity index (χ2n) is 4.69. The van der Waals surface area contributed by atoms with Gasteiger partial charge in [0.1, 0.15) is 13.1 Å². The minimum absolute atomic E-state index is 0.116. The maximum Gasteiger partial charge on any atom is 0.389 e. The van der Waals surface area contributed by atoms with Crippen molar-refractivity contribution < 1.29 is 19.6 Å². The van der Waals surface area contributed by atoms with Crippen LogP contribution in [-0.4, -0.2) is 49.7 Å². The molecular weight excluding hydrogens is 268 g/mol. The van der Waals surface area contributed by atoms with Crippen molar-refractivity contribution in [2.24, 2.45) is 5.92 Å². The molecule has 0 aliphatic heterocycles. The molecule has 9 nitrogen and oxygen atoms in total. The molecule has 0 saturated carbocycles. The van der Waals surface area contributed by atoms with Crippen LogP contribution in [0.5, 0.6) is 0 Å². The molecule has 0 fully saturated rings. The summed E-state index contributed by atoms with van der Waals surface area (Å²) >= 11 is 0. The van der Waals surface area contributed by atoms with Gasteiger partial charge in [-0.2, -0.15) is 4.68 Å². The number of aliphatic carboxylic acids is 1. The van der Waals surface area contributed by atoms with E-state index >= 15 is 0 Å². The highest BCUT2D eigenvalue weighted by Crippen LogP contribution is 2.06. The molecule has 20 heavy (non-hydrogen) atoms.